The molecule has 0 aliphatic heterocycles. The van der Waals surface area contributed by atoms with E-state index in [1.807, 2.05) is 0 Å². The number of fused-ring (bicyclic) bond motifs is 17. The molecule has 1 saturated carbocycles. The third-order valence-electron chi connectivity index (χ3n) is 14.2. The van der Waals surface area contributed by atoms with Crippen LogP contribution in [-0.4, -0.2) is 9.38 Å². The summed E-state index contributed by atoms with van der Waals surface area (Å²) in [6.07, 6.45) is 17.3. The topological polar surface area (TPSA) is 43.6 Å². The number of benzene rings is 6. The first-order valence-corrected chi connectivity index (χ1v) is 21.1. The van der Waals surface area contributed by atoms with Crippen LogP contribution < -0.4 is 0 Å². The molecule has 14 rings (SSSR count). The average molecular weight is 747 g/mol. The fraction of sp³-hybridized carbons (Fsp3) is 0.167. The van der Waals surface area contributed by atoms with Gasteiger partial charge in [0.05, 0.1) is 28.4 Å². The fourth-order valence-electron chi connectivity index (χ4n) is 11.5. The lowest BCUT2D eigenvalue weighted by atomic mass is 9.84. The smallest absolute Gasteiger partial charge is 0.136 e. The van der Waals surface area contributed by atoms with Crippen LogP contribution in [0.5, 0.6) is 0 Å². The molecule has 3 unspecified atom stereocenters. The number of aromatic nitrogens is 2. The van der Waals surface area contributed by atoms with Crippen molar-refractivity contribution >= 4 is 94.1 Å². The SMILES string of the molecule is CCC1CCC=Cc2ncc3c(c21)c1c(-c2cccc4oc5ccccc5c24)cc(-c2cccc4oc5ccccc5c24)c2c4cc5c(cc4n3c21)C1CC1CC=C5. The summed E-state index contributed by atoms with van der Waals surface area (Å²) < 4.78 is 15.8. The number of para-hydroxylation sites is 2. The molecule has 58 heavy (non-hydrogen) atoms. The van der Waals surface area contributed by atoms with Gasteiger partial charge < -0.3 is 13.2 Å². The van der Waals surface area contributed by atoms with Crippen LogP contribution in [0.1, 0.15) is 73.2 Å². The van der Waals surface area contributed by atoms with Crippen molar-refractivity contribution in [2.75, 3.05) is 0 Å². The van der Waals surface area contributed by atoms with Gasteiger partial charge in [-0.2, -0.15) is 0 Å². The first-order chi connectivity index (χ1) is 28.7. The van der Waals surface area contributed by atoms with Crippen LogP contribution in [0.4, 0.5) is 0 Å². The summed E-state index contributed by atoms with van der Waals surface area (Å²) >= 11 is 0. The van der Waals surface area contributed by atoms with Crippen molar-refractivity contribution in [2.24, 2.45) is 5.92 Å². The molecule has 0 spiro atoms. The van der Waals surface area contributed by atoms with Gasteiger partial charge in [0, 0.05) is 43.1 Å². The van der Waals surface area contributed by atoms with E-state index in [1.54, 1.807) is 0 Å². The summed E-state index contributed by atoms with van der Waals surface area (Å²) in [4.78, 5) is 5.32. The van der Waals surface area contributed by atoms with Gasteiger partial charge in [-0.25, -0.2) is 0 Å². The normalized spacial score (nSPS) is 18.9. The zero-order valence-electron chi connectivity index (χ0n) is 32.2. The van der Waals surface area contributed by atoms with E-state index in [0.717, 1.165) is 81.2 Å². The molecule has 6 aromatic carbocycles. The third-order valence-corrected chi connectivity index (χ3v) is 14.2. The number of hydrogen-bond acceptors (Lipinski definition) is 3. The number of rotatable bonds is 3. The van der Waals surface area contributed by atoms with Gasteiger partial charge in [0.1, 0.15) is 22.3 Å². The van der Waals surface area contributed by atoms with Gasteiger partial charge in [-0.1, -0.05) is 85.8 Å². The number of hydrogen-bond donors (Lipinski definition) is 0. The molecule has 0 N–H and O–H groups in total. The van der Waals surface area contributed by atoms with Gasteiger partial charge in [-0.15, -0.1) is 0 Å². The zero-order valence-corrected chi connectivity index (χ0v) is 32.2. The Hall–Kier alpha value is -6.65. The number of nitrogens with zero attached hydrogens (tertiary/aromatic N) is 2. The Morgan fingerprint density at radius 1 is 0.638 bits per heavy atom. The largest absolute Gasteiger partial charge is 0.456 e. The Bertz CT molecular complexity index is 3640. The minimum atomic E-state index is 0.399. The van der Waals surface area contributed by atoms with Crippen LogP contribution in [0, 0.1) is 5.92 Å². The minimum absolute atomic E-state index is 0.399. The molecule has 0 bridgehead atoms. The second-order valence-corrected chi connectivity index (χ2v) is 17.1. The molecule has 11 aromatic rings. The molecule has 0 saturated heterocycles. The van der Waals surface area contributed by atoms with E-state index in [9.17, 15) is 0 Å². The third kappa shape index (κ3) is 4.02. The highest BCUT2D eigenvalue weighted by molar-refractivity contribution is 6.33. The van der Waals surface area contributed by atoms with E-state index in [-0.39, 0.29) is 0 Å². The highest BCUT2D eigenvalue weighted by Gasteiger charge is 2.40. The van der Waals surface area contributed by atoms with Crippen molar-refractivity contribution in [1.29, 1.82) is 0 Å². The molecule has 0 radical (unpaired) electrons. The van der Waals surface area contributed by atoms with E-state index in [2.05, 4.69) is 145 Å². The average Bonchev–Trinajstić information content (AvgIpc) is 3.56. The van der Waals surface area contributed by atoms with Crippen LogP contribution in [0.2, 0.25) is 0 Å². The second-order valence-electron chi connectivity index (χ2n) is 17.1. The standard InChI is InChI=1S/C54H38N2O2/c1-2-29-12-3-6-19-41-48(29)53-43(28-55-41)56-42-27-37-31(14-9-13-30-24-36(30)37)25-40(42)51-38(32-17-10-22-46-49(32)34-15-4-7-20-44(34)57-46)26-39(52(53)54(51)56)33-18-11-23-47-50(33)35-16-5-8-21-45(35)58-47/h4-11,14-23,25-30,36H,2-3,12-13,24H2,1H3. The highest BCUT2D eigenvalue weighted by Crippen LogP contribution is 2.56. The van der Waals surface area contributed by atoms with Crippen molar-refractivity contribution in [1.82, 2.24) is 9.38 Å². The summed E-state index contributed by atoms with van der Waals surface area (Å²) in [6.45, 7) is 2.35. The van der Waals surface area contributed by atoms with Crippen LogP contribution in [0.3, 0.4) is 0 Å². The minimum Gasteiger partial charge on any atom is -0.456 e. The Morgan fingerprint density at radius 2 is 1.34 bits per heavy atom. The monoisotopic (exact) mass is 746 g/mol. The Balaban J connectivity index is 1.26. The fourth-order valence-corrected chi connectivity index (χ4v) is 11.5. The van der Waals surface area contributed by atoms with Crippen LogP contribution in [0.15, 0.2) is 130 Å². The van der Waals surface area contributed by atoms with Gasteiger partial charge in [0.15, 0.2) is 0 Å². The van der Waals surface area contributed by atoms with Gasteiger partial charge in [0.25, 0.3) is 0 Å². The van der Waals surface area contributed by atoms with Gasteiger partial charge in [-0.05, 0) is 137 Å². The predicted molar refractivity (Wildman–Crippen MR) is 240 cm³/mol. The molecular formula is C54H38N2O2. The molecule has 3 aliphatic carbocycles. The molecule has 4 nitrogen and oxygen atoms in total. The molecule has 3 atom stereocenters. The van der Waals surface area contributed by atoms with Crippen molar-refractivity contribution in [2.45, 2.75) is 50.9 Å². The maximum Gasteiger partial charge on any atom is 0.136 e. The van der Waals surface area contributed by atoms with Gasteiger partial charge >= 0.3 is 0 Å². The van der Waals surface area contributed by atoms with Crippen LogP contribution >= 0.6 is 0 Å². The maximum atomic E-state index is 6.60. The Kier molecular flexibility index (Phi) is 6.10. The maximum absolute atomic E-state index is 6.60. The Labute approximate surface area is 334 Å². The van der Waals surface area contributed by atoms with E-state index in [4.69, 9.17) is 13.8 Å². The zero-order chi connectivity index (χ0) is 37.8. The molecule has 276 valence electrons. The summed E-state index contributed by atoms with van der Waals surface area (Å²) in [5.74, 6) is 1.76. The molecule has 5 aromatic heterocycles. The van der Waals surface area contributed by atoms with Crippen molar-refractivity contribution < 1.29 is 8.83 Å². The first-order valence-electron chi connectivity index (χ1n) is 21.1. The molecule has 4 heteroatoms. The number of pyridine rings is 1. The van der Waals surface area contributed by atoms with Crippen molar-refractivity contribution in [3.05, 3.63) is 144 Å². The van der Waals surface area contributed by atoms with Crippen molar-refractivity contribution in [3.8, 4) is 22.3 Å². The van der Waals surface area contributed by atoms with Crippen molar-refractivity contribution in [3.63, 3.8) is 0 Å². The summed E-state index contributed by atoms with van der Waals surface area (Å²) in [6, 6.07) is 37.8. The van der Waals surface area contributed by atoms with Crippen LogP contribution in [0.25, 0.3) is 116 Å². The highest BCUT2D eigenvalue weighted by atomic mass is 16.3. The predicted octanol–water partition coefficient (Wildman–Crippen LogP) is 15.2. The summed E-state index contributed by atoms with van der Waals surface area (Å²) in [5.41, 5.74) is 17.6. The quantitative estimate of drug-likeness (QED) is 0.181. The number of allylic oxidation sites excluding steroid dienone is 2. The van der Waals surface area contributed by atoms with E-state index in [1.165, 1.54) is 83.5 Å². The van der Waals surface area contributed by atoms with E-state index < -0.39 is 0 Å². The Morgan fingerprint density at radius 3 is 2.09 bits per heavy atom. The lowest BCUT2D eigenvalue weighted by Crippen LogP contribution is -2.02. The summed E-state index contributed by atoms with van der Waals surface area (Å²) in [7, 11) is 0. The molecule has 3 aliphatic rings. The number of furan rings is 2. The lowest BCUT2D eigenvalue weighted by molar-refractivity contribution is 0.619. The van der Waals surface area contributed by atoms with E-state index >= 15 is 0 Å². The molecular weight excluding hydrogens is 709 g/mol. The first kappa shape index (κ1) is 31.4. The van der Waals surface area contributed by atoms with Crippen LogP contribution in [-0.2, 0) is 0 Å². The molecule has 1 fully saturated rings. The van der Waals surface area contributed by atoms with Gasteiger partial charge in [-0.3, -0.25) is 4.98 Å². The second kappa shape index (κ2) is 11.3. The molecule has 5 heterocycles. The van der Waals surface area contributed by atoms with E-state index in [0.29, 0.717) is 11.8 Å². The van der Waals surface area contributed by atoms with Gasteiger partial charge in [0.2, 0.25) is 0 Å². The lowest BCUT2D eigenvalue weighted by Gasteiger charge is -2.18. The summed E-state index contributed by atoms with van der Waals surface area (Å²) in [5, 5.41) is 9.85. The molecule has 0 amide bonds.